The fourth-order valence-electron chi connectivity index (χ4n) is 0.596. The van der Waals surface area contributed by atoms with Crippen LogP contribution in [0.15, 0.2) is 11.8 Å². The highest BCUT2D eigenvalue weighted by atomic mass is 16.4. The van der Waals surface area contributed by atoms with Crippen LogP contribution in [-0.2, 0) is 14.4 Å². The maximum atomic E-state index is 11.0. The van der Waals surface area contributed by atoms with Crippen molar-refractivity contribution >= 4 is 17.8 Å². The first-order valence-corrected chi connectivity index (χ1v) is 3.41. The van der Waals surface area contributed by atoms with Gasteiger partial charge in [-0.3, -0.25) is 14.9 Å². The third-order valence-electron chi connectivity index (χ3n) is 1.05. The molecule has 0 saturated carbocycles. The van der Waals surface area contributed by atoms with Crippen molar-refractivity contribution in [3.8, 4) is 0 Å². The molecule has 72 valence electrons. The summed E-state index contributed by atoms with van der Waals surface area (Å²) in [7, 11) is 1.45. The van der Waals surface area contributed by atoms with Crippen LogP contribution < -0.4 is 10.6 Å². The first-order valence-electron chi connectivity index (χ1n) is 3.41. The fourth-order valence-corrected chi connectivity index (χ4v) is 0.596. The van der Waals surface area contributed by atoms with Crippen LogP contribution in [0.1, 0.15) is 6.92 Å². The average molecular weight is 186 g/mol. The molecule has 0 atom stereocenters. The molecule has 0 bridgehead atoms. The summed E-state index contributed by atoms with van der Waals surface area (Å²) < 4.78 is 0. The first-order chi connectivity index (χ1) is 5.99. The zero-order chi connectivity index (χ0) is 10.4. The van der Waals surface area contributed by atoms with Crippen molar-refractivity contribution in [3.63, 3.8) is 0 Å². The van der Waals surface area contributed by atoms with E-state index in [0.29, 0.717) is 0 Å². The normalized spacial score (nSPS) is 10.5. The van der Waals surface area contributed by atoms with Crippen LogP contribution in [0.4, 0.5) is 0 Å². The van der Waals surface area contributed by atoms with E-state index in [1.807, 2.05) is 5.32 Å². The number of carboxylic acids is 1. The van der Waals surface area contributed by atoms with Crippen LogP contribution >= 0.6 is 0 Å². The highest BCUT2D eigenvalue weighted by molar-refractivity contribution is 6.19. The summed E-state index contributed by atoms with van der Waals surface area (Å²) in [6.07, 6.45) is 1.00. The van der Waals surface area contributed by atoms with Gasteiger partial charge in [0.2, 0.25) is 5.91 Å². The minimum absolute atomic E-state index is 0.516. The molecule has 0 aromatic heterocycles. The van der Waals surface area contributed by atoms with E-state index in [0.717, 1.165) is 13.1 Å². The zero-order valence-corrected chi connectivity index (χ0v) is 7.25. The van der Waals surface area contributed by atoms with Crippen molar-refractivity contribution in [2.24, 2.45) is 0 Å². The minimum atomic E-state index is -1.40. The molecule has 0 radical (unpaired) electrons. The summed E-state index contributed by atoms with van der Waals surface area (Å²) >= 11 is 0. The maximum absolute atomic E-state index is 11.0. The van der Waals surface area contributed by atoms with Gasteiger partial charge in [0, 0.05) is 20.2 Å². The molecule has 0 rings (SSSR count). The molecular weight excluding hydrogens is 176 g/mol. The van der Waals surface area contributed by atoms with E-state index in [1.165, 1.54) is 7.05 Å². The highest BCUT2D eigenvalue weighted by Crippen LogP contribution is 1.92. The summed E-state index contributed by atoms with van der Waals surface area (Å²) in [6, 6.07) is 0. The minimum Gasteiger partial charge on any atom is -0.477 e. The quantitative estimate of drug-likeness (QED) is 0.293. The van der Waals surface area contributed by atoms with E-state index < -0.39 is 23.4 Å². The number of amides is 2. The van der Waals surface area contributed by atoms with Crippen LogP contribution in [0.5, 0.6) is 0 Å². The molecule has 0 aliphatic heterocycles. The van der Waals surface area contributed by atoms with Gasteiger partial charge in [0.1, 0.15) is 5.57 Å². The molecule has 0 heterocycles. The molecule has 6 heteroatoms. The van der Waals surface area contributed by atoms with Crippen LogP contribution in [0, 0.1) is 0 Å². The predicted molar refractivity (Wildman–Crippen MR) is 43.6 cm³/mol. The Morgan fingerprint density at radius 2 is 1.85 bits per heavy atom. The van der Waals surface area contributed by atoms with Gasteiger partial charge in [-0.25, -0.2) is 4.79 Å². The second-order valence-corrected chi connectivity index (χ2v) is 2.16. The highest BCUT2D eigenvalue weighted by Gasteiger charge is 2.17. The smallest absolute Gasteiger partial charge is 0.342 e. The van der Waals surface area contributed by atoms with E-state index in [4.69, 9.17) is 5.11 Å². The average Bonchev–Trinajstić information content (AvgIpc) is 1.97. The number of nitrogens with one attached hydrogen (secondary N) is 2. The topological polar surface area (TPSA) is 95.5 Å². The molecule has 0 spiro atoms. The van der Waals surface area contributed by atoms with Gasteiger partial charge in [0.15, 0.2) is 0 Å². The lowest BCUT2D eigenvalue weighted by Gasteiger charge is -2.00. The van der Waals surface area contributed by atoms with Crippen molar-refractivity contribution < 1.29 is 19.5 Å². The third-order valence-corrected chi connectivity index (χ3v) is 1.05. The Morgan fingerprint density at radius 1 is 1.31 bits per heavy atom. The maximum Gasteiger partial charge on any atom is 0.342 e. The van der Waals surface area contributed by atoms with Gasteiger partial charge in [0.25, 0.3) is 5.91 Å². The second kappa shape index (κ2) is 4.91. The van der Waals surface area contributed by atoms with Crippen LogP contribution in [-0.4, -0.2) is 29.9 Å². The Kier molecular flexibility index (Phi) is 4.21. The Labute approximate surface area is 74.6 Å². The monoisotopic (exact) mass is 186 g/mol. The Hall–Kier alpha value is -1.85. The lowest BCUT2D eigenvalue weighted by atomic mass is 10.2. The second-order valence-electron chi connectivity index (χ2n) is 2.16. The molecule has 0 aliphatic carbocycles. The molecule has 6 nitrogen and oxygen atoms in total. The van der Waals surface area contributed by atoms with Crippen molar-refractivity contribution in [3.05, 3.63) is 11.8 Å². The van der Waals surface area contributed by atoms with Gasteiger partial charge in [-0.1, -0.05) is 0 Å². The number of carboxylic acid groups (broad SMARTS) is 1. The number of hydrogen-bond donors (Lipinski definition) is 3. The van der Waals surface area contributed by atoms with E-state index in [2.05, 4.69) is 5.32 Å². The molecule has 0 unspecified atom stereocenters. The Balaban J connectivity index is 4.57. The van der Waals surface area contributed by atoms with Gasteiger partial charge in [-0.2, -0.15) is 0 Å². The third kappa shape index (κ3) is 3.90. The summed E-state index contributed by atoms with van der Waals surface area (Å²) in [5, 5.41) is 12.7. The molecule has 13 heavy (non-hydrogen) atoms. The van der Waals surface area contributed by atoms with Crippen molar-refractivity contribution in [2.75, 3.05) is 7.05 Å². The summed E-state index contributed by atoms with van der Waals surface area (Å²) in [5.41, 5.74) is -0.516. The van der Waals surface area contributed by atoms with Crippen molar-refractivity contribution in [2.45, 2.75) is 6.92 Å². The van der Waals surface area contributed by atoms with Gasteiger partial charge < -0.3 is 10.4 Å². The van der Waals surface area contributed by atoms with Gasteiger partial charge in [-0.05, 0) is 0 Å². The largest absolute Gasteiger partial charge is 0.477 e. The van der Waals surface area contributed by atoms with Crippen LogP contribution in [0.25, 0.3) is 0 Å². The number of rotatable bonds is 3. The standard InChI is InChI=1S/C7H10N2O4/c1-4(10)9-6(11)5(3-8-2)7(12)13/h3,8H,1-2H3,(H,12,13)(H,9,10,11)/b5-3+. The molecule has 3 N–H and O–H groups in total. The lowest BCUT2D eigenvalue weighted by molar-refractivity contribution is -0.135. The molecule has 0 aromatic carbocycles. The summed E-state index contributed by atoms with van der Waals surface area (Å²) in [5.74, 6) is -2.93. The Morgan fingerprint density at radius 3 is 2.15 bits per heavy atom. The number of carbonyl (C=O) groups excluding carboxylic acids is 2. The van der Waals surface area contributed by atoms with Crippen molar-refractivity contribution in [1.29, 1.82) is 0 Å². The first kappa shape index (κ1) is 11.2. The summed E-state index contributed by atoms with van der Waals surface area (Å²) in [4.78, 5) is 31.8. The summed E-state index contributed by atoms with van der Waals surface area (Å²) in [6.45, 7) is 1.12. The van der Waals surface area contributed by atoms with E-state index >= 15 is 0 Å². The lowest BCUT2D eigenvalue weighted by Crippen LogP contribution is -2.32. The molecule has 0 aliphatic rings. The molecule has 0 aromatic rings. The zero-order valence-electron chi connectivity index (χ0n) is 7.25. The molecule has 0 fully saturated rings. The fraction of sp³-hybridized carbons (Fsp3) is 0.286. The molecule has 0 saturated heterocycles. The number of imide groups is 1. The number of aliphatic carboxylic acids is 1. The molecular formula is C7H10N2O4. The van der Waals surface area contributed by atoms with E-state index in [9.17, 15) is 14.4 Å². The van der Waals surface area contributed by atoms with Gasteiger partial charge in [0.05, 0.1) is 0 Å². The predicted octanol–water partition coefficient (Wildman–Crippen LogP) is -1.16. The SMILES string of the molecule is CN/C=C(/C(=O)O)C(=O)NC(C)=O. The Bertz CT molecular complexity index is 270. The van der Waals surface area contributed by atoms with E-state index in [1.54, 1.807) is 0 Å². The van der Waals surface area contributed by atoms with E-state index in [-0.39, 0.29) is 0 Å². The van der Waals surface area contributed by atoms with Gasteiger partial charge in [-0.15, -0.1) is 0 Å². The number of hydrogen-bond acceptors (Lipinski definition) is 4. The van der Waals surface area contributed by atoms with Crippen LogP contribution in [0.3, 0.4) is 0 Å². The van der Waals surface area contributed by atoms with Crippen molar-refractivity contribution in [1.82, 2.24) is 10.6 Å². The molecule has 2 amide bonds. The van der Waals surface area contributed by atoms with Gasteiger partial charge >= 0.3 is 5.97 Å². The number of carbonyl (C=O) groups is 3. The van der Waals surface area contributed by atoms with Crippen LogP contribution in [0.2, 0.25) is 0 Å².